The second kappa shape index (κ2) is 7.51. The number of sulfone groups is 1. The molecule has 1 aromatic rings. The number of hydrogen-bond donors (Lipinski definition) is 1. The van der Waals surface area contributed by atoms with Gasteiger partial charge in [0.05, 0.1) is 5.71 Å². The zero-order chi connectivity index (χ0) is 18.0. The minimum atomic E-state index is -3.57. The summed E-state index contributed by atoms with van der Waals surface area (Å²) in [6, 6.07) is 7.65. The van der Waals surface area contributed by atoms with E-state index in [1.807, 2.05) is 24.3 Å². The summed E-state index contributed by atoms with van der Waals surface area (Å²) in [5, 5.41) is 14.3. The van der Waals surface area contributed by atoms with Gasteiger partial charge in [0.25, 0.3) is 0 Å². The van der Waals surface area contributed by atoms with Crippen molar-refractivity contribution in [1.82, 2.24) is 0 Å². The SMILES string of the molecule is CCOC(O)C(C)(CC1CC(c2ccc(Br)cc2)=NO1)S(C)(=O)=O. The molecular formula is C16H22BrNO5S. The molecule has 6 nitrogen and oxygen atoms in total. The molecule has 1 aliphatic heterocycles. The molecule has 0 amide bonds. The van der Waals surface area contributed by atoms with Crippen LogP contribution in [0.1, 0.15) is 32.3 Å². The molecule has 3 unspecified atom stereocenters. The maximum absolute atomic E-state index is 12.2. The van der Waals surface area contributed by atoms with Gasteiger partial charge in [0.2, 0.25) is 0 Å². The summed E-state index contributed by atoms with van der Waals surface area (Å²) in [5.74, 6) is 0. The number of hydrogen-bond acceptors (Lipinski definition) is 6. The number of halogens is 1. The average Bonchev–Trinajstić information content (AvgIpc) is 2.95. The zero-order valence-electron chi connectivity index (χ0n) is 13.9. The van der Waals surface area contributed by atoms with Crippen molar-refractivity contribution in [3.05, 3.63) is 34.3 Å². The van der Waals surface area contributed by atoms with Crippen LogP contribution in [0.3, 0.4) is 0 Å². The summed E-state index contributed by atoms with van der Waals surface area (Å²) in [5.41, 5.74) is 1.68. The van der Waals surface area contributed by atoms with Crippen LogP contribution < -0.4 is 0 Å². The molecule has 0 aromatic heterocycles. The van der Waals surface area contributed by atoms with Gasteiger partial charge in [-0.1, -0.05) is 33.2 Å². The van der Waals surface area contributed by atoms with Gasteiger partial charge in [-0.25, -0.2) is 8.42 Å². The third-order valence-electron chi connectivity index (χ3n) is 4.24. The molecule has 0 aliphatic carbocycles. The molecule has 0 saturated heterocycles. The quantitative estimate of drug-likeness (QED) is 0.686. The fraction of sp³-hybridized carbons (Fsp3) is 0.562. The maximum atomic E-state index is 12.2. The van der Waals surface area contributed by atoms with E-state index in [1.165, 1.54) is 6.92 Å². The fourth-order valence-corrected chi connectivity index (χ4v) is 3.76. The first-order valence-corrected chi connectivity index (χ1v) is 10.3. The van der Waals surface area contributed by atoms with Gasteiger partial charge in [-0.15, -0.1) is 0 Å². The van der Waals surface area contributed by atoms with Gasteiger partial charge >= 0.3 is 0 Å². The van der Waals surface area contributed by atoms with Gasteiger partial charge in [-0.05, 0) is 31.5 Å². The maximum Gasteiger partial charge on any atom is 0.174 e. The Labute approximate surface area is 150 Å². The van der Waals surface area contributed by atoms with Crippen molar-refractivity contribution in [3.63, 3.8) is 0 Å². The topological polar surface area (TPSA) is 85.2 Å². The van der Waals surface area contributed by atoms with Crippen LogP contribution in [0.25, 0.3) is 0 Å². The van der Waals surface area contributed by atoms with Crippen LogP contribution in [0, 0.1) is 0 Å². The summed E-state index contributed by atoms with van der Waals surface area (Å²) in [4.78, 5) is 5.41. The Morgan fingerprint density at radius 3 is 2.62 bits per heavy atom. The molecule has 0 radical (unpaired) electrons. The van der Waals surface area contributed by atoms with E-state index in [0.29, 0.717) is 6.42 Å². The summed E-state index contributed by atoms with van der Waals surface area (Å²) in [6.45, 7) is 3.40. The third-order valence-corrected chi connectivity index (χ3v) is 6.83. The molecule has 134 valence electrons. The predicted octanol–water partition coefficient (Wildman–Crippen LogP) is 2.49. The summed E-state index contributed by atoms with van der Waals surface area (Å²) in [7, 11) is -3.57. The molecule has 0 bridgehead atoms. The summed E-state index contributed by atoms with van der Waals surface area (Å²) in [6.07, 6.45) is -0.181. The highest BCUT2D eigenvalue weighted by Gasteiger charge is 2.47. The van der Waals surface area contributed by atoms with Crippen molar-refractivity contribution >= 4 is 31.5 Å². The molecule has 0 saturated carbocycles. The highest BCUT2D eigenvalue weighted by atomic mass is 79.9. The number of aliphatic hydroxyl groups excluding tert-OH is 1. The Bertz CT molecular complexity index is 704. The minimum absolute atomic E-state index is 0.0938. The monoisotopic (exact) mass is 419 g/mol. The molecule has 8 heteroatoms. The van der Waals surface area contributed by atoms with Gasteiger partial charge in [0.15, 0.2) is 16.1 Å². The van der Waals surface area contributed by atoms with Crippen LogP contribution >= 0.6 is 15.9 Å². The van der Waals surface area contributed by atoms with Crippen molar-refractivity contribution in [2.24, 2.45) is 5.16 Å². The number of aliphatic hydroxyl groups is 1. The molecule has 1 aromatic carbocycles. The number of nitrogens with zero attached hydrogens (tertiary/aromatic N) is 1. The van der Waals surface area contributed by atoms with E-state index in [1.54, 1.807) is 6.92 Å². The van der Waals surface area contributed by atoms with Crippen LogP contribution in [0.2, 0.25) is 0 Å². The summed E-state index contributed by atoms with van der Waals surface area (Å²) >= 11 is 3.38. The van der Waals surface area contributed by atoms with Crippen LogP contribution in [0.4, 0.5) is 0 Å². The van der Waals surface area contributed by atoms with E-state index in [2.05, 4.69) is 21.1 Å². The zero-order valence-corrected chi connectivity index (χ0v) is 16.3. The molecule has 0 spiro atoms. The third kappa shape index (κ3) is 4.17. The van der Waals surface area contributed by atoms with E-state index >= 15 is 0 Å². The number of oxime groups is 1. The number of rotatable bonds is 7. The van der Waals surface area contributed by atoms with E-state index in [4.69, 9.17) is 9.57 Å². The van der Waals surface area contributed by atoms with Crippen molar-refractivity contribution in [2.75, 3.05) is 12.9 Å². The minimum Gasteiger partial charge on any atom is -0.392 e. The fourth-order valence-electron chi connectivity index (χ4n) is 2.57. The molecule has 2 rings (SSSR count). The van der Waals surface area contributed by atoms with Crippen molar-refractivity contribution < 1.29 is 23.1 Å². The lowest BCUT2D eigenvalue weighted by molar-refractivity contribution is -0.124. The average molecular weight is 420 g/mol. The number of benzene rings is 1. The Balaban J connectivity index is 2.11. The molecule has 1 aliphatic rings. The first-order valence-electron chi connectivity index (χ1n) is 7.65. The Morgan fingerprint density at radius 1 is 1.46 bits per heavy atom. The van der Waals surface area contributed by atoms with Gasteiger partial charge in [0.1, 0.15) is 10.9 Å². The van der Waals surface area contributed by atoms with Crippen LogP contribution in [0.5, 0.6) is 0 Å². The van der Waals surface area contributed by atoms with Crippen LogP contribution in [-0.4, -0.2) is 49.2 Å². The Hall–Kier alpha value is -0.960. The smallest absolute Gasteiger partial charge is 0.174 e. The lowest BCUT2D eigenvalue weighted by Crippen LogP contribution is -2.49. The molecular weight excluding hydrogens is 398 g/mol. The van der Waals surface area contributed by atoms with Crippen molar-refractivity contribution in [2.45, 2.75) is 43.8 Å². The van der Waals surface area contributed by atoms with Gasteiger partial charge in [0, 0.05) is 30.2 Å². The van der Waals surface area contributed by atoms with Crippen LogP contribution in [0.15, 0.2) is 33.9 Å². The van der Waals surface area contributed by atoms with Crippen molar-refractivity contribution in [1.29, 1.82) is 0 Å². The van der Waals surface area contributed by atoms with Crippen molar-refractivity contribution in [3.8, 4) is 0 Å². The highest BCUT2D eigenvalue weighted by Crippen LogP contribution is 2.32. The lowest BCUT2D eigenvalue weighted by atomic mass is 9.96. The number of ether oxygens (including phenoxy) is 1. The van der Waals surface area contributed by atoms with E-state index in [0.717, 1.165) is 22.0 Å². The highest BCUT2D eigenvalue weighted by molar-refractivity contribution is 9.10. The molecule has 24 heavy (non-hydrogen) atoms. The normalized spacial score (nSPS) is 21.7. The molecule has 1 N–H and O–H groups in total. The second-order valence-electron chi connectivity index (χ2n) is 6.07. The predicted molar refractivity (Wildman–Crippen MR) is 95.7 cm³/mol. The molecule has 1 heterocycles. The van der Waals surface area contributed by atoms with Gasteiger partial charge < -0.3 is 14.7 Å². The van der Waals surface area contributed by atoms with E-state index in [-0.39, 0.29) is 13.0 Å². The first-order chi connectivity index (χ1) is 11.2. The standard InChI is InChI=1S/C16H22BrNO5S/c1-4-22-15(19)16(2,24(3,20)21)10-13-9-14(18-23-13)11-5-7-12(17)8-6-11/h5-8,13,15,19H,4,9-10H2,1-3H3. The first kappa shape index (κ1) is 19.4. The second-order valence-corrected chi connectivity index (χ2v) is 9.47. The Kier molecular flexibility index (Phi) is 6.06. The van der Waals surface area contributed by atoms with E-state index in [9.17, 15) is 13.5 Å². The van der Waals surface area contributed by atoms with E-state index < -0.39 is 27.0 Å². The largest absolute Gasteiger partial charge is 0.392 e. The molecule has 3 atom stereocenters. The summed E-state index contributed by atoms with van der Waals surface area (Å²) < 4.78 is 29.1. The Morgan fingerprint density at radius 2 is 2.08 bits per heavy atom. The van der Waals surface area contributed by atoms with Gasteiger partial charge in [-0.3, -0.25) is 0 Å². The lowest BCUT2D eigenvalue weighted by Gasteiger charge is -2.33. The molecule has 0 fully saturated rings. The van der Waals surface area contributed by atoms with Crippen LogP contribution in [-0.2, 0) is 19.4 Å². The van der Waals surface area contributed by atoms with Gasteiger partial charge in [-0.2, -0.15) is 0 Å².